The van der Waals surface area contributed by atoms with Crippen LogP contribution in [0.5, 0.6) is 0 Å². The molecule has 1 saturated heterocycles. The molecule has 0 aromatic carbocycles. The molecule has 4 heteroatoms. The first-order chi connectivity index (χ1) is 7.23. The van der Waals surface area contributed by atoms with Gasteiger partial charge in [-0.2, -0.15) is 0 Å². The maximum absolute atomic E-state index is 5.81. The summed E-state index contributed by atoms with van der Waals surface area (Å²) in [6.45, 7) is 3.03. The van der Waals surface area contributed by atoms with Crippen LogP contribution >= 0.6 is 0 Å². The summed E-state index contributed by atoms with van der Waals surface area (Å²) in [7, 11) is 0. The summed E-state index contributed by atoms with van der Waals surface area (Å²) in [4.78, 5) is 4.25. The molecule has 2 heterocycles. The van der Waals surface area contributed by atoms with Crippen LogP contribution in [0.2, 0.25) is 0 Å². The minimum absolute atomic E-state index is 0.0669. The third-order valence-corrected chi connectivity index (χ3v) is 2.55. The molecule has 2 rings (SSSR count). The lowest BCUT2D eigenvalue weighted by Crippen LogP contribution is -2.29. The summed E-state index contributed by atoms with van der Waals surface area (Å²) in [5, 5.41) is 0. The summed E-state index contributed by atoms with van der Waals surface area (Å²) in [5.41, 5.74) is 6.42. The van der Waals surface area contributed by atoms with Gasteiger partial charge in [0.2, 0.25) is 0 Å². The zero-order valence-electron chi connectivity index (χ0n) is 8.85. The molecular formula is C11H16N2O2. The highest BCUT2D eigenvalue weighted by molar-refractivity contribution is 5.08. The van der Waals surface area contributed by atoms with Crippen molar-refractivity contribution in [3.63, 3.8) is 0 Å². The minimum Gasteiger partial charge on any atom is -0.347 e. The van der Waals surface area contributed by atoms with E-state index in [0.717, 1.165) is 5.69 Å². The van der Waals surface area contributed by atoms with Gasteiger partial charge in [-0.3, -0.25) is 4.98 Å². The lowest BCUT2D eigenvalue weighted by atomic mass is 10.2. The number of hydrogen-bond acceptors (Lipinski definition) is 4. The van der Waals surface area contributed by atoms with E-state index in [1.54, 1.807) is 6.20 Å². The Kier molecular flexibility index (Phi) is 3.00. The standard InChI is InChI=1S/C11H16N2O2/c1-11(5-6-12)14-8-10(15-11)9-4-2-3-7-13-9/h2-4,7,10H,5-6,8,12H2,1H3. The zero-order valence-corrected chi connectivity index (χ0v) is 8.85. The first kappa shape index (κ1) is 10.5. The van der Waals surface area contributed by atoms with E-state index in [0.29, 0.717) is 19.6 Å². The van der Waals surface area contributed by atoms with E-state index in [1.165, 1.54) is 0 Å². The van der Waals surface area contributed by atoms with Crippen molar-refractivity contribution in [1.29, 1.82) is 0 Å². The average Bonchev–Trinajstić information content (AvgIpc) is 2.63. The Bertz CT molecular complexity index is 318. The number of nitrogens with zero attached hydrogens (tertiary/aromatic N) is 1. The van der Waals surface area contributed by atoms with Crippen molar-refractivity contribution in [3.05, 3.63) is 30.1 Å². The van der Waals surface area contributed by atoms with Gasteiger partial charge in [0.25, 0.3) is 0 Å². The molecule has 2 unspecified atom stereocenters. The summed E-state index contributed by atoms with van der Waals surface area (Å²) >= 11 is 0. The van der Waals surface area contributed by atoms with Crippen LogP contribution in [-0.4, -0.2) is 23.9 Å². The molecule has 1 aliphatic rings. The molecule has 1 fully saturated rings. The van der Waals surface area contributed by atoms with Gasteiger partial charge in [-0.25, -0.2) is 0 Å². The Labute approximate surface area is 89.4 Å². The molecule has 0 amide bonds. The Hall–Kier alpha value is -0.970. The topological polar surface area (TPSA) is 57.4 Å². The highest BCUT2D eigenvalue weighted by Crippen LogP contribution is 2.33. The van der Waals surface area contributed by atoms with Crippen molar-refractivity contribution in [2.45, 2.75) is 25.2 Å². The molecule has 2 atom stereocenters. The molecule has 0 radical (unpaired) electrons. The fraction of sp³-hybridized carbons (Fsp3) is 0.545. The smallest absolute Gasteiger partial charge is 0.167 e. The van der Waals surface area contributed by atoms with Crippen LogP contribution in [0.3, 0.4) is 0 Å². The van der Waals surface area contributed by atoms with Gasteiger partial charge in [-0.05, 0) is 25.6 Å². The van der Waals surface area contributed by atoms with E-state index >= 15 is 0 Å². The second kappa shape index (κ2) is 4.26. The molecule has 0 spiro atoms. The third kappa shape index (κ3) is 2.34. The summed E-state index contributed by atoms with van der Waals surface area (Å²) in [6, 6.07) is 5.78. The summed E-state index contributed by atoms with van der Waals surface area (Å²) in [5.74, 6) is -0.545. The Morgan fingerprint density at radius 2 is 2.47 bits per heavy atom. The summed E-state index contributed by atoms with van der Waals surface area (Å²) in [6.07, 6.45) is 2.40. The van der Waals surface area contributed by atoms with Crippen LogP contribution in [0.1, 0.15) is 25.1 Å². The van der Waals surface area contributed by atoms with Gasteiger partial charge in [-0.15, -0.1) is 0 Å². The highest BCUT2D eigenvalue weighted by Gasteiger charge is 2.37. The van der Waals surface area contributed by atoms with Crippen LogP contribution in [0.4, 0.5) is 0 Å². The number of hydrogen-bond donors (Lipinski definition) is 1. The zero-order chi connectivity index (χ0) is 10.7. The van der Waals surface area contributed by atoms with Crippen LogP contribution in [0.15, 0.2) is 24.4 Å². The van der Waals surface area contributed by atoms with Gasteiger partial charge in [-0.1, -0.05) is 6.07 Å². The van der Waals surface area contributed by atoms with Crippen LogP contribution in [0, 0.1) is 0 Å². The predicted molar refractivity (Wildman–Crippen MR) is 56.1 cm³/mol. The monoisotopic (exact) mass is 208 g/mol. The quantitative estimate of drug-likeness (QED) is 0.811. The molecule has 2 N–H and O–H groups in total. The predicted octanol–water partition coefficient (Wildman–Crippen LogP) is 1.23. The molecule has 82 valence electrons. The molecule has 15 heavy (non-hydrogen) atoms. The first-order valence-electron chi connectivity index (χ1n) is 5.16. The van der Waals surface area contributed by atoms with E-state index < -0.39 is 5.79 Å². The van der Waals surface area contributed by atoms with Crippen molar-refractivity contribution < 1.29 is 9.47 Å². The maximum Gasteiger partial charge on any atom is 0.167 e. The first-order valence-corrected chi connectivity index (χ1v) is 5.16. The van der Waals surface area contributed by atoms with Gasteiger partial charge >= 0.3 is 0 Å². The van der Waals surface area contributed by atoms with E-state index in [9.17, 15) is 0 Å². The van der Waals surface area contributed by atoms with Crippen molar-refractivity contribution in [1.82, 2.24) is 4.98 Å². The fourth-order valence-corrected chi connectivity index (χ4v) is 1.73. The van der Waals surface area contributed by atoms with Crippen LogP contribution in [0.25, 0.3) is 0 Å². The largest absolute Gasteiger partial charge is 0.347 e. The molecular weight excluding hydrogens is 192 g/mol. The Morgan fingerprint density at radius 1 is 1.60 bits per heavy atom. The van der Waals surface area contributed by atoms with E-state index in [2.05, 4.69) is 4.98 Å². The molecule has 1 aromatic rings. The van der Waals surface area contributed by atoms with Crippen molar-refractivity contribution in [3.8, 4) is 0 Å². The molecule has 1 aromatic heterocycles. The summed E-state index contributed by atoms with van der Waals surface area (Å²) < 4.78 is 11.4. The average molecular weight is 208 g/mol. The lowest BCUT2D eigenvalue weighted by Gasteiger charge is -2.22. The van der Waals surface area contributed by atoms with Gasteiger partial charge in [0.1, 0.15) is 6.10 Å². The fourth-order valence-electron chi connectivity index (χ4n) is 1.73. The second-order valence-electron chi connectivity index (χ2n) is 3.84. The highest BCUT2D eigenvalue weighted by atomic mass is 16.7. The number of pyridine rings is 1. The Morgan fingerprint density at radius 3 is 3.13 bits per heavy atom. The van der Waals surface area contributed by atoms with E-state index in [-0.39, 0.29) is 6.10 Å². The SMILES string of the molecule is CC1(CCN)OCC(c2ccccn2)O1. The van der Waals surface area contributed by atoms with E-state index in [1.807, 2.05) is 25.1 Å². The number of ether oxygens (including phenoxy) is 2. The molecule has 0 bridgehead atoms. The molecule has 1 aliphatic heterocycles. The van der Waals surface area contributed by atoms with Gasteiger partial charge in [0.15, 0.2) is 5.79 Å². The maximum atomic E-state index is 5.81. The van der Waals surface area contributed by atoms with Crippen LogP contribution in [-0.2, 0) is 9.47 Å². The van der Waals surface area contributed by atoms with Crippen molar-refractivity contribution >= 4 is 0 Å². The van der Waals surface area contributed by atoms with Gasteiger partial charge < -0.3 is 15.2 Å². The number of aromatic nitrogens is 1. The van der Waals surface area contributed by atoms with Crippen molar-refractivity contribution in [2.75, 3.05) is 13.2 Å². The second-order valence-corrected chi connectivity index (χ2v) is 3.84. The molecule has 4 nitrogen and oxygen atoms in total. The number of nitrogens with two attached hydrogens (primary N) is 1. The normalized spacial score (nSPS) is 30.7. The Balaban J connectivity index is 2.04. The van der Waals surface area contributed by atoms with Gasteiger partial charge in [0, 0.05) is 12.6 Å². The molecule has 0 aliphatic carbocycles. The lowest BCUT2D eigenvalue weighted by molar-refractivity contribution is -0.157. The number of rotatable bonds is 3. The van der Waals surface area contributed by atoms with Crippen molar-refractivity contribution in [2.24, 2.45) is 5.73 Å². The minimum atomic E-state index is -0.545. The molecule has 0 saturated carbocycles. The van der Waals surface area contributed by atoms with Crippen LogP contribution < -0.4 is 5.73 Å². The van der Waals surface area contributed by atoms with E-state index in [4.69, 9.17) is 15.2 Å². The third-order valence-electron chi connectivity index (χ3n) is 2.55. The van der Waals surface area contributed by atoms with Gasteiger partial charge in [0.05, 0.1) is 12.3 Å².